The number of hydrogen-bond acceptors (Lipinski definition) is 5. The number of likely N-dealkylation sites (N-methyl/N-ethyl adjacent to an activating group) is 1. The first-order valence-corrected chi connectivity index (χ1v) is 13.5. The number of urea groups is 1. The number of benzene rings is 2. The van der Waals surface area contributed by atoms with Crippen molar-refractivity contribution >= 4 is 23.5 Å². The zero-order valence-electron chi connectivity index (χ0n) is 23.6. The van der Waals surface area contributed by atoms with Crippen LogP contribution in [-0.2, 0) is 17.1 Å². The van der Waals surface area contributed by atoms with Crippen LogP contribution in [0.2, 0.25) is 0 Å². The molecule has 236 valence electrons. The van der Waals surface area contributed by atoms with Crippen LogP contribution < -0.4 is 14.5 Å². The Hall–Kier alpha value is -3.59. The smallest absolute Gasteiger partial charge is 0.407 e. The van der Waals surface area contributed by atoms with Crippen LogP contribution in [0.5, 0.6) is 5.75 Å². The molecule has 0 N–H and O–H groups in total. The Bertz CT molecular complexity index is 1320. The van der Waals surface area contributed by atoms with E-state index < -0.39 is 58.9 Å². The second-order valence-electron chi connectivity index (χ2n) is 10.6. The Labute approximate surface area is 243 Å². The van der Waals surface area contributed by atoms with Gasteiger partial charge in [-0.2, -0.15) is 26.3 Å². The van der Waals surface area contributed by atoms with E-state index >= 15 is 0 Å². The first-order chi connectivity index (χ1) is 20.1. The third-order valence-electron chi connectivity index (χ3n) is 7.16. The SMILES string of the molecule is CC(C)N(C(=O)Oc1c(N2CCN(CCC3CN(C)CCO3)C2=O)cc(C(F)(F)F)cc1C(F)(F)F)c1ccc(F)cc1. The van der Waals surface area contributed by atoms with Crippen molar-refractivity contribution in [1.29, 1.82) is 0 Å². The van der Waals surface area contributed by atoms with Crippen molar-refractivity contribution in [2.45, 2.75) is 44.8 Å². The number of carbonyl (C=O) groups is 2. The number of nitrogens with zero attached hydrogens (tertiary/aromatic N) is 4. The molecular formula is C28H31F7N4O4. The highest BCUT2D eigenvalue weighted by molar-refractivity contribution is 5.98. The van der Waals surface area contributed by atoms with E-state index in [4.69, 9.17) is 9.47 Å². The fourth-order valence-electron chi connectivity index (χ4n) is 5.00. The number of rotatable bonds is 7. The quantitative estimate of drug-likeness (QED) is 0.343. The van der Waals surface area contributed by atoms with E-state index in [1.807, 2.05) is 11.9 Å². The highest BCUT2D eigenvalue weighted by Crippen LogP contribution is 2.47. The van der Waals surface area contributed by atoms with Crippen molar-refractivity contribution in [1.82, 2.24) is 9.80 Å². The van der Waals surface area contributed by atoms with E-state index in [1.54, 1.807) is 0 Å². The van der Waals surface area contributed by atoms with Crippen molar-refractivity contribution in [3.8, 4) is 5.75 Å². The molecule has 0 bridgehead atoms. The van der Waals surface area contributed by atoms with E-state index in [2.05, 4.69) is 0 Å². The molecule has 2 aliphatic rings. The van der Waals surface area contributed by atoms with Crippen LogP contribution in [0.25, 0.3) is 0 Å². The minimum absolute atomic E-state index is 0.0140. The molecule has 43 heavy (non-hydrogen) atoms. The zero-order valence-corrected chi connectivity index (χ0v) is 23.6. The van der Waals surface area contributed by atoms with Gasteiger partial charge in [0.15, 0.2) is 5.75 Å². The summed E-state index contributed by atoms with van der Waals surface area (Å²) in [6, 6.07) is 3.11. The zero-order chi connectivity index (χ0) is 31.7. The molecule has 2 fully saturated rings. The summed E-state index contributed by atoms with van der Waals surface area (Å²) < 4.78 is 108. The van der Waals surface area contributed by atoms with Gasteiger partial charge in [0.25, 0.3) is 0 Å². The van der Waals surface area contributed by atoms with Gasteiger partial charge in [-0.05, 0) is 63.7 Å². The van der Waals surface area contributed by atoms with Crippen LogP contribution >= 0.6 is 0 Å². The molecule has 8 nitrogen and oxygen atoms in total. The lowest BCUT2D eigenvalue weighted by molar-refractivity contribution is -0.143. The molecule has 15 heteroatoms. The molecule has 0 saturated carbocycles. The molecule has 0 aromatic heterocycles. The summed E-state index contributed by atoms with van der Waals surface area (Å²) in [5.41, 5.74) is -4.32. The average Bonchev–Trinajstić information content (AvgIpc) is 3.27. The van der Waals surface area contributed by atoms with Crippen molar-refractivity contribution in [2.24, 2.45) is 0 Å². The molecule has 1 atom stereocenters. The van der Waals surface area contributed by atoms with Gasteiger partial charge in [-0.3, -0.25) is 9.80 Å². The predicted molar refractivity (Wildman–Crippen MR) is 143 cm³/mol. The normalized spacial score (nSPS) is 18.5. The highest BCUT2D eigenvalue weighted by Gasteiger charge is 2.44. The van der Waals surface area contributed by atoms with Gasteiger partial charge in [0.1, 0.15) is 11.4 Å². The van der Waals surface area contributed by atoms with E-state index in [-0.39, 0.29) is 37.5 Å². The third kappa shape index (κ3) is 7.50. The molecule has 2 aromatic rings. The maximum atomic E-state index is 14.2. The Morgan fingerprint density at radius 3 is 2.30 bits per heavy atom. The molecule has 2 heterocycles. The number of alkyl halides is 6. The molecule has 2 aromatic carbocycles. The highest BCUT2D eigenvalue weighted by atomic mass is 19.4. The van der Waals surface area contributed by atoms with Gasteiger partial charge in [0.05, 0.1) is 24.0 Å². The Balaban J connectivity index is 1.71. The summed E-state index contributed by atoms with van der Waals surface area (Å²) in [6.07, 6.45) is -11.8. The number of hydrogen-bond donors (Lipinski definition) is 0. The maximum Gasteiger partial charge on any atom is 0.420 e. The summed E-state index contributed by atoms with van der Waals surface area (Å²) in [6.45, 7) is 4.78. The largest absolute Gasteiger partial charge is 0.420 e. The molecular weight excluding hydrogens is 589 g/mol. The van der Waals surface area contributed by atoms with Crippen molar-refractivity contribution in [2.75, 3.05) is 56.2 Å². The van der Waals surface area contributed by atoms with Crippen LogP contribution in [0.3, 0.4) is 0 Å². The number of amides is 3. The summed E-state index contributed by atoms with van der Waals surface area (Å²) in [5.74, 6) is -1.88. The summed E-state index contributed by atoms with van der Waals surface area (Å²) in [4.78, 5) is 31.7. The van der Waals surface area contributed by atoms with Gasteiger partial charge in [-0.1, -0.05) is 0 Å². The van der Waals surface area contributed by atoms with Crippen LogP contribution in [-0.4, -0.2) is 80.4 Å². The summed E-state index contributed by atoms with van der Waals surface area (Å²) in [7, 11) is 1.91. The number of morpholine rings is 1. The lowest BCUT2D eigenvalue weighted by atomic mass is 10.1. The summed E-state index contributed by atoms with van der Waals surface area (Å²) >= 11 is 0. The third-order valence-corrected chi connectivity index (χ3v) is 7.16. The van der Waals surface area contributed by atoms with Crippen molar-refractivity contribution in [3.05, 3.63) is 53.3 Å². The number of carbonyl (C=O) groups excluding carboxylic acids is 2. The molecule has 0 radical (unpaired) electrons. The topological polar surface area (TPSA) is 65.6 Å². The molecule has 0 aliphatic carbocycles. The molecule has 4 rings (SSSR count). The number of ether oxygens (including phenoxy) is 2. The Morgan fingerprint density at radius 2 is 1.72 bits per heavy atom. The standard InChI is InChI=1S/C28H31F7N4O4/c1-17(2)39(20-6-4-19(29)5-7-20)26(41)43-24-22(28(33,34)35)14-18(27(30,31)32)15-23(24)38-11-10-37(25(38)40)9-8-21-16-36(3)12-13-42-21/h4-7,14-15,17,21H,8-13,16H2,1-3H3. The first kappa shape index (κ1) is 32.3. The second kappa shape index (κ2) is 12.6. The van der Waals surface area contributed by atoms with Gasteiger partial charge in [0, 0.05) is 44.5 Å². The van der Waals surface area contributed by atoms with E-state index in [1.165, 1.54) is 30.9 Å². The minimum atomic E-state index is -5.39. The maximum absolute atomic E-state index is 14.2. The fraction of sp³-hybridized carbons (Fsp3) is 0.500. The Kier molecular flexibility index (Phi) is 9.45. The van der Waals surface area contributed by atoms with Gasteiger partial charge in [0.2, 0.25) is 0 Å². The molecule has 2 saturated heterocycles. The lowest BCUT2D eigenvalue weighted by Crippen LogP contribution is -2.42. The Morgan fingerprint density at radius 1 is 1.05 bits per heavy atom. The summed E-state index contributed by atoms with van der Waals surface area (Å²) in [5, 5.41) is 0. The number of anilines is 2. The minimum Gasteiger partial charge on any atom is -0.407 e. The van der Waals surface area contributed by atoms with Gasteiger partial charge >= 0.3 is 24.5 Å². The van der Waals surface area contributed by atoms with Gasteiger partial charge in [-0.25, -0.2) is 14.0 Å². The average molecular weight is 621 g/mol. The van der Waals surface area contributed by atoms with Gasteiger partial charge in [-0.15, -0.1) is 0 Å². The fourth-order valence-corrected chi connectivity index (χ4v) is 5.00. The predicted octanol–water partition coefficient (Wildman–Crippen LogP) is 6.24. The molecule has 0 spiro atoms. The lowest BCUT2D eigenvalue weighted by Gasteiger charge is -2.31. The van der Waals surface area contributed by atoms with Crippen LogP contribution in [0.15, 0.2) is 36.4 Å². The van der Waals surface area contributed by atoms with E-state index in [0.717, 1.165) is 28.5 Å². The second-order valence-corrected chi connectivity index (χ2v) is 10.6. The van der Waals surface area contributed by atoms with E-state index in [0.29, 0.717) is 25.6 Å². The van der Waals surface area contributed by atoms with Gasteiger partial charge < -0.3 is 19.3 Å². The van der Waals surface area contributed by atoms with Crippen molar-refractivity contribution in [3.63, 3.8) is 0 Å². The van der Waals surface area contributed by atoms with Crippen LogP contribution in [0, 0.1) is 5.82 Å². The molecule has 1 unspecified atom stereocenters. The van der Waals surface area contributed by atoms with E-state index in [9.17, 15) is 40.3 Å². The van der Waals surface area contributed by atoms with Crippen LogP contribution in [0.1, 0.15) is 31.4 Å². The van der Waals surface area contributed by atoms with Crippen LogP contribution in [0.4, 0.5) is 51.7 Å². The first-order valence-electron chi connectivity index (χ1n) is 13.5. The van der Waals surface area contributed by atoms with Crippen molar-refractivity contribution < 1.29 is 49.8 Å². The number of halogens is 7. The molecule has 2 aliphatic heterocycles. The monoisotopic (exact) mass is 620 g/mol. The molecule has 3 amide bonds.